The third kappa shape index (κ3) is 4.51. The first-order valence-electron chi connectivity index (χ1n) is 8.26. The summed E-state index contributed by atoms with van der Waals surface area (Å²) in [6.07, 6.45) is 2.54. The second-order valence-electron chi connectivity index (χ2n) is 6.51. The molecular formula is C17H22Cl2N2O2S. The summed E-state index contributed by atoms with van der Waals surface area (Å²) in [4.78, 5) is 15.3. The van der Waals surface area contributed by atoms with Crippen molar-refractivity contribution >= 4 is 46.7 Å². The Labute approximate surface area is 156 Å². The minimum Gasteiger partial charge on any atom is -0.396 e. The third-order valence-electron chi connectivity index (χ3n) is 4.68. The fourth-order valence-corrected chi connectivity index (χ4v) is 4.79. The number of thioether (sulfide) groups is 1. The van der Waals surface area contributed by atoms with Crippen molar-refractivity contribution < 1.29 is 9.90 Å². The van der Waals surface area contributed by atoms with Crippen molar-refractivity contribution in [2.45, 2.75) is 28.5 Å². The van der Waals surface area contributed by atoms with Crippen molar-refractivity contribution in [2.75, 3.05) is 30.8 Å². The number of amides is 2. The van der Waals surface area contributed by atoms with Crippen LogP contribution < -0.4 is 5.32 Å². The molecule has 132 valence electrons. The van der Waals surface area contributed by atoms with Gasteiger partial charge in [0.05, 0.1) is 5.69 Å². The number of urea groups is 1. The number of hydrogen-bond donors (Lipinski definition) is 2. The highest BCUT2D eigenvalue weighted by atomic mass is 35.5. The molecule has 0 bridgehead atoms. The molecule has 24 heavy (non-hydrogen) atoms. The van der Waals surface area contributed by atoms with Crippen LogP contribution in [-0.2, 0) is 0 Å². The highest BCUT2D eigenvalue weighted by molar-refractivity contribution is 7.99. The Bertz CT molecular complexity index is 592. The number of hydrogen-bond acceptors (Lipinski definition) is 3. The maximum Gasteiger partial charge on any atom is 0.321 e. The first-order valence-corrected chi connectivity index (χ1v) is 10.00. The fourth-order valence-electron chi connectivity index (χ4n) is 2.85. The number of aliphatic hydroxyl groups is 1. The number of nitrogens with zero attached hydrogens (tertiary/aromatic N) is 1. The molecule has 1 saturated carbocycles. The molecule has 3 rings (SSSR count). The minimum absolute atomic E-state index is 0.0742. The molecule has 1 aliphatic heterocycles. The normalized spacial score (nSPS) is 23.1. The van der Waals surface area contributed by atoms with Crippen LogP contribution in [0.3, 0.4) is 0 Å². The van der Waals surface area contributed by atoms with E-state index >= 15 is 0 Å². The van der Waals surface area contributed by atoms with E-state index in [9.17, 15) is 9.90 Å². The lowest BCUT2D eigenvalue weighted by Gasteiger charge is -2.31. The molecule has 0 aromatic heterocycles. The van der Waals surface area contributed by atoms with E-state index < -0.39 is 4.33 Å². The molecule has 4 nitrogen and oxygen atoms in total. The Hall–Kier alpha value is -0.620. The van der Waals surface area contributed by atoms with Crippen molar-refractivity contribution in [1.82, 2.24) is 4.90 Å². The molecular weight excluding hydrogens is 367 g/mol. The Morgan fingerprint density at radius 1 is 1.33 bits per heavy atom. The predicted molar refractivity (Wildman–Crippen MR) is 100 cm³/mol. The largest absolute Gasteiger partial charge is 0.396 e. The summed E-state index contributed by atoms with van der Waals surface area (Å²) in [7, 11) is 0. The van der Waals surface area contributed by atoms with E-state index in [1.165, 1.54) is 0 Å². The molecule has 1 atom stereocenters. The number of nitrogens with one attached hydrogen (secondary N) is 1. The summed E-state index contributed by atoms with van der Waals surface area (Å²) < 4.78 is -0.567. The molecule has 1 saturated heterocycles. The molecule has 1 aromatic carbocycles. The van der Waals surface area contributed by atoms with Gasteiger partial charge < -0.3 is 15.3 Å². The standard InChI is InChI=1S/C17H22Cl2N2O2S/c18-17(19)9-13(17)11-24-15-4-2-1-3-14(15)20-16(23)21-7-5-12(10-22)6-8-21/h1-4,12-13,22H,5-11H2,(H,20,23). The molecule has 2 amide bonds. The van der Waals surface area contributed by atoms with Gasteiger partial charge in [-0.1, -0.05) is 12.1 Å². The number of benzene rings is 1. The molecule has 1 aliphatic carbocycles. The second-order valence-corrected chi connectivity index (χ2v) is 9.12. The summed E-state index contributed by atoms with van der Waals surface area (Å²) in [5, 5.41) is 12.2. The van der Waals surface area contributed by atoms with Gasteiger partial charge in [-0.15, -0.1) is 35.0 Å². The lowest BCUT2D eigenvalue weighted by atomic mass is 9.98. The van der Waals surface area contributed by atoms with Gasteiger partial charge in [-0.3, -0.25) is 0 Å². The van der Waals surface area contributed by atoms with E-state index in [0.717, 1.165) is 35.6 Å². The summed E-state index contributed by atoms with van der Waals surface area (Å²) in [5.41, 5.74) is 0.826. The first kappa shape index (κ1) is 18.2. The van der Waals surface area contributed by atoms with E-state index in [1.807, 2.05) is 29.2 Å². The van der Waals surface area contributed by atoms with Crippen molar-refractivity contribution in [2.24, 2.45) is 11.8 Å². The lowest BCUT2D eigenvalue weighted by Crippen LogP contribution is -2.41. The van der Waals surface area contributed by atoms with Gasteiger partial charge in [0.1, 0.15) is 4.33 Å². The lowest BCUT2D eigenvalue weighted by molar-refractivity contribution is 0.143. The number of carbonyl (C=O) groups excluding carboxylic acids is 1. The number of para-hydroxylation sites is 1. The smallest absolute Gasteiger partial charge is 0.321 e. The molecule has 2 N–H and O–H groups in total. The van der Waals surface area contributed by atoms with E-state index in [1.54, 1.807) is 11.8 Å². The number of anilines is 1. The Morgan fingerprint density at radius 3 is 2.62 bits per heavy atom. The van der Waals surface area contributed by atoms with Crippen LogP contribution in [0, 0.1) is 11.8 Å². The number of rotatable bonds is 5. The molecule has 1 unspecified atom stereocenters. The average Bonchev–Trinajstić information content (AvgIpc) is 3.21. The van der Waals surface area contributed by atoms with Gasteiger partial charge in [0.25, 0.3) is 0 Å². The fraction of sp³-hybridized carbons (Fsp3) is 0.588. The van der Waals surface area contributed by atoms with Crippen molar-refractivity contribution in [3.8, 4) is 0 Å². The number of halogens is 2. The summed E-state index contributed by atoms with van der Waals surface area (Å²) in [6.45, 7) is 1.59. The third-order valence-corrected chi connectivity index (χ3v) is 6.85. The van der Waals surface area contributed by atoms with Crippen LogP contribution in [-0.4, -0.2) is 45.8 Å². The van der Waals surface area contributed by atoms with Crippen molar-refractivity contribution in [3.05, 3.63) is 24.3 Å². The zero-order chi connectivity index (χ0) is 17.2. The van der Waals surface area contributed by atoms with E-state index in [4.69, 9.17) is 23.2 Å². The number of alkyl halides is 2. The summed E-state index contributed by atoms with van der Waals surface area (Å²) >= 11 is 13.8. The van der Waals surface area contributed by atoms with Gasteiger partial charge in [0, 0.05) is 36.3 Å². The SMILES string of the molecule is O=C(Nc1ccccc1SCC1CC1(Cl)Cl)N1CCC(CO)CC1. The number of aliphatic hydroxyl groups excluding tert-OH is 1. The summed E-state index contributed by atoms with van der Waals surface area (Å²) in [5.74, 6) is 1.48. The van der Waals surface area contributed by atoms with Gasteiger partial charge >= 0.3 is 6.03 Å². The summed E-state index contributed by atoms with van der Waals surface area (Å²) in [6, 6.07) is 7.73. The van der Waals surface area contributed by atoms with Crippen molar-refractivity contribution in [1.29, 1.82) is 0 Å². The topological polar surface area (TPSA) is 52.6 Å². The maximum atomic E-state index is 12.5. The van der Waals surface area contributed by atoms with Gasteiger partial charge in [-0.05, 0) is 37.3 Å². The highest BCUT2D eigenvalue weighted by Gasteiger charge is 2.51. The molecule has 2 fully saturated rings. The van der Waals surface area contributed by atoms with Gasteiger partial charge in [-0.25, -0.2) is 4.79 Å². The van der Waals surface area contributed by atoms with E-state index in [0.29, 0.717) is 24.9 Å². The molecule has 1 heterocycles. The van der Waals surface area contributed by atoms with Crippen LogP contribution in [0.5, 0.6) is 0 Å². The van der Waals surface area contributed by atoms with E-state index in [-0.39, 0.29) is 12.6 Å². The van der Waals surface area contributed by atoms with Crippen LogP contribution in [0.2, 0.25) is 0 Å². The van der Waals surface area contributed by atoms with Gasteiger partial charge in [-0.2, -0.15) is 0 Å². The van der Waals surface area contributed by atoms with Crippen molar-refractivity contribution in [3.63, 3.8) is 0 Å². The predicted octanol–water partition coefficient (Wildman–Crippen LogP) is 4.21. The molecule has 0 spiro atoms. The van der Waals surface area contributed by atoms with Crippen LogP contribution in [0.4, 0.5) is 10.5 Å². The minimum atomic E-state index is -0.567. The molecule has 7 heteroatoms. The number of likely N-dealkylation sites (tertiary alicyclic amines) is 1. The van der Waals surface area contributed by atoms with Crippen LogP contribution in [0.1, 0.15) is 19.3 Å². The Balaban J connectivity index is 1.55. The van der Waals surface area contributed by atoms with E-state index in [2.05, 4.69) is 5.32 Å². The molecule has 0 radical (unpaired) electrons. The van der Waals surface area contributed by atoms with Crippen LogP contribution in [0.15, 0.2) is 29.2 Å². The zero-order valence-electron chi connectivity index (χ0n) is 13.4. The first-order chi connectivity index (χ1) is 11.5. The van der Waals surface area contributed by atoms with Gasteiger partial charge in [0.15, 0.2) is 0 Å². The number of carbonyl (C=O) groups is 1. The molecule has 2 aliphatic rings. The van der Waals surface area contributed by atoms with Crippen LogP contribution in [0.25, 0.3) is 0 Å². The highest BCUT2D eigenvalue weighted by Crippen LogP contribution is 2.55. The average molecular weight is 389 g/mol. The second kappa shape index (κ2) is 7.73. The van der Waals surface area contributed by atoms with Gasteiger partial charge in [0.2, 0.25) is 0 Å². The quantitative estimate of drug-likeness (QED) is 0.586. The maximum absolute atomic E-state index is 12.5. The monoisotopic (exact) mass is 388 g/mol. The Morgan fingerprint density at radius 2 is 2.00 bits per heavy atom. The van der Waals surface area contributed by atoms with Crippen LogP contribution >= 0.6 is 35.0 Å². The Kier molecular flexibility index (Phi) is 5.85. The zero-order valence-corrected chi connectivity index (χ0v) is 15.7. The number of piperidine rings is 1. The molecule has 1 aromatic rings.